The lowest BCUT2D eigenvalue weighted by molar-refractivity contribution is 0.0865. The van der Waals surface area contributed by atoms with Crippen molar-refractivity contribution in [2.75, 3.05) is 13.6 Å². The van der Waals surface area contributed by atoms with E-state index < -0.39 is 0 Å². The number of thiophene rings is 1. The smallest absolute Gasteiger partial charge is 0.0332 e. The Morgan fingerprint density at radius 2 is 2.16 bits per heavy atom. The van der Waals surface area contributed by atoms with Gasteiger partial charge in [0.05, 0.1) is 0 Å². The van der Waals surface area contributed by atoms with E-state index in [4.69, 9.17) is 5.73 Å². The van der Waals surface area contributed by atoms with E-state index in [0.717, 1.165) is 25.4 Å². The summed E-state index contributed by atoms with van der Waals surface area (Å²) >= 11 is 5.34. The maximum Gasteiger partial charge on any atom is 0.0332 e. The second-order valence-electron chi connectivity index (χ2n) is 5.59. The van der Waals surface area contributed by atoms with Gasteiger partial charge in [-0.05, 0) is 47.8 Å². The first kappa shape index (κ1) is 17.2. The zero-order chi connectivity index (χ0) is 14.5. The quantitative estimate of drug-likeness (QED) is 0.751. The Bertz CT molecular complexity index is 374. The molecule has 1 rings (SSSR count). The lowest BCUT2D eigenvalue weighted by atomic mass is 9.83. The normalized spacial score (nSPS) is 16.6. The average Bonchev–Trinajstić information content (AvgIpc) is 2.81. The third-order valence-electron chi connectivity index (χ3n) is 4.29. The van der Waals surface area contributed by atoms with Gasteiger partial charge in [0.2, 0.25) is 0 Å². The van der Waals surface area contributed by atoms with E-state index >= 15 is 0 Å². The van der Waals surface area contributed by atoms with Crippen LogP contribution < -0.4 is 5.73 Å². The molecule has 0 aromatic carbocycles. The van der Waals surface area contributed by atoms with Gasteiger partial charge in [0.1, 0.15) is 0 Å². The number of rotatable bonds is 8. The van der Waals surface area contributed by atoms with Crippen LogP contribution in [0.15, 0.2) is 15.9 Å². The van der Waals surface area contributed by atoms with E-state index in [1.807, 2.05) is 11.3 Å². The van der Waals surface area contributed by atoms with Crippen LogP contribution in [0.25, 0.3) is 0 Å². The predicted molar refractivity (Wildman–Crippen MR) is 89.6 cm³/mol. The Kier molecular flexibility index (Phi) is 7.01. The van der Waals surface area contributed by atoms with Gasteiger partial charge in [-0.3, -0.25) is 4.90 Å². The fourth-order valence-electron chi connectivity index (χ4n) is 2.58. The summed E-state index contributed by atoms with van der Waals surface area (Å²) < 4.78 is 1.18. The van der Waals surface area contributed by atoms with Crippen molar-refractivity contribution >= 4 is 27.3 Å². The predicted octanol–water partition coefficient (Wildman–Crippen LogP) is 4.49. The molecular formula is C15H27BrN2S. The van der Waals surface area contributed by atoms with Crippen molar-refractivity contribution in [2.24, 2.45) is 11.7 Å². The van der Waals surface area contributed by atoms with Gasteiger partial charge in [0.15, 0.2) is 0 Å². The first-order chi connectivity index (χ1) is 8.97. The Morgan fingerprint density at radius 1 is 1.47 bits per heavy atom. The van der Waals surface area contributed by atoms with Crippen LogP contribution in [0.5, 0.6) is 0 Å². The maximum absolute atomic E-state index is 6.13. The molecule has 2 nitrogen and oxygen atoms in total. The SMILES string of the molecule is CCC(C)CC(CC)(CN)N(C)Cc1cc(Br)cs1. The summed E-state index contributed by atoms with van der Waals surface area (Å²) in [5.74, 6) is 0.723. The summed E-state index contributed by atoms with van der Waals surface area (Å²) in [6.45, 7) is 8.57. The molecule has 0 spiro atoms. The van der Waals surface area contributed by atoms with Gasteiger partial charge in [-0.2, -0.15) is 0 Å². The van der Waals surface area contributed by atoms with Crippen molar-refractivity contribution in [3.63, 3.8) is 0 Å². The van der Waals surface area contributed by atoms with Crippen LogP contribution in [-0.2, 0) is 6.54 Å². The van der Waals surface area contributed by atoms with Crippen molar-refractivity contribution in [3.8, 4) is 0 Å². The minimum absolute atomic E-state index is 0.131. The van der Waals surface area contributed by atoms with Crippen molar-refractivity contribution in [2.45, 2.75) is 52.1 Å². The van der Waals surface area contributed by atoms with Gasteiger partial charge >= 0.3 is 0 Å². The van der Waals surface area contributed by atoms with E-state index in [0.29, 0.717) is 0 Å². The summed E-state index contributed by atoms with van der Waals surface area (Å²) in [6, 6.07) is 2.21. The van der Waals surface area contributed by atoms with Crippen molar-refractivity contribution in [3.05, 3.63) is 20.8 Å². The van der Waals surface area contributed by atoms with Crippen molar-refractivity contribution in [1.29, 1.82) is 0 Å². The summed E-state index contributed by atoms with van der Waals surface area (Å²) in [4.78, 5) is 3.85. The molecule has 2 unspecified atom stereocenters. The Hall–Kier alpha value is 0.1000. The van der Waals surface area contributed by atoms with Crippen LogP contribution in [0.3, 0.4) is 0 Å². The van der Waals surface area contributed by atoms with Crippen LogP contribution in [-0.4, -0.2) is 24.0 Å². The largest absolute Gasteiger partial charge is 0.329 e. The lowest BCUT2D eigenvalue weighted by Gasteiger charge is -2.42. The molecule has 0 saturated carbocycles. The Labute approximate surface area is 130 Å². The first-order valence-electron chi connectivity index (χ1n) is 7.11. The molecule has 0 bridgehead atoms. The van der Waals surface area contributed by atoms with E-state index in [2.05, 4.69) is 60.1 Å². The van der Waals surface area contributed by atoms with Gasteiger partial charge in [-0.1, -0.05) is 27.2 Å². The maximum atomic E-state index is 6.13. The molecule has 4 heteroatoms. The number of hydrogen-bond acceptors (Lipinski definition) is 3. The van der Waals surface area contributed by atoms with Crippen LogP contribution in [0.1, 0.15) is 44.9 Å². The topological polar surface area (TPSA) is 29.3 Å². The second-order valence-corrected chi connectivity index (χ2v) is 7.50. The van der Waals surface area contributed by atoms with Gasteiger partial charge in [-0.25, -0.2) is 0 Å². The van der Waals surface area contributed by atoms with Crippen molar-refractivity contribution in [1.82, 2.24) is 4.90 Å². The monoisotopic (exact) mass is 346 g/mol. The molecular weight excluding hydrogens is 320 g/mol. The van der Waals surface area contributed by atoms with Gasteiger partial charge in [0, 0.05) is 33.4 Å². The first-order valence-corrected chi connectivity index (χ1v) is 8.79. The van der Waals surface area contributed by atoms with Crippen molar-refractivity contribution < 1.29 is 0 Å². The minimum atomic E-state index is 0.131. The number of likely N-dealkylation sites (N-methyl/N-ethyl adjacent to an activating group) is 1. The van der Waals surface area contributed by atoms with Gasteiger partial charge in [-0.15, -0.1) is 11.3 Å². The number of halogens is 1. The molecule has 0 fully saturated rings. The van der Waals surface area contributed by atoms with E-state index in [1.54, 1.807) is 0 Å². The highest BCUT2D eigenvalue weighted by Crippen LogP contribution is 2.30. The molecule has 0 aliphatic rings. The highest BCUT2D eigenvalue weighted by atomic mass is 79.9. The molecule has 0 aliphatic carbocycles. The van der Waals surface area contributed by atoms with E-state index in [-0.39, 0.29) is 5.54 Å². The molecule has 2 N–H and O–H groups in total. The summed E-state index contributed by atoms with van der Waals surface area (Å²) in [6.07, 6.45) is 3.51. The average molecular weight is 347 g/mol. The number of nitrogens with two attached hydrogens (primary N) is 1. The van der Waals surface area contributed by atoms with E-state index in [1.165, 1.54) is 22.2 Å². The molecule has 0 amide bonds. The lowest BCUT2D eigenvalue weighted by Crippen LogP contribution is -2.52. The third kappa shape index (κ3) is 4.55. The Morgan fingerprint density at radius 3 is 2.58 bits per heavy atom. The van der Waals surface area contributed by atoms with E-state index in [9.17, 15) is 0 Å². The second kappa shape index (κ2) is 7.77. The fourth-order valence-corrected chi connectivity index (χ4v) is 4.09. The molecule has 1 aromatic rings. The van der Waals surface area contributed by atoms with Gasteiger partial charge < -0.3 is 5.73 Å². The molecule has 0 aliphatic heterocycles. The summed E-state index contributed by atoms with van der Waals surface area (Å²) in [5.41, 5.74) is 6.26. The van der Waals surface area contributed by atoms with Crippen LogP contribution in [0, 0.1) is 5.92 Å². The highest BCUT2D eigenvalue weighted by Gasteiger charge is 2.32. The number of nitrogens with zero attached hydrogens (tertiary/aromatic N) is 1. The standard InChI is InChI=1S/C15H27BrN2S/c1-5-12(3)8-15(6-2,11-17)18(4)9-14-7-13(16)10-19-14/h7,10,12H,5-6,8-9,11,17H2,1-4H3. The molecule has 19 heavy (non-hydrogen) atoms. The summed E-state index contributed by atoms with van der Waals surface area (Å²) in [5, 5.41) is 2.15. The molecule has 1 heterocycles. The highest BCUT2D eigenvalue weighted by molar-refractivity contribution is 9.10. The number of hydrogen-bond donors (Lipinski definition) is 1. The van der Waals surface area contributed by atoms with Gasteiger partial charge in [0.25, 0.3) is 0 Å². The fraction of sp³-hybridized carbons (Fsp3) is 0.733. The molecule has 110 valence electrons. The molecule has 1 aromatic heterocycles. The zero-order valence-corrected chi connectivity index (χ0v) is 15.0. The Balaban J connectivity index is 2.79. The summed E-state index contributed by atoms with van der Waals surface area (Å²) in [7, 11) is 2.21. The molecule has 0 saturated heterocycles. The third-order valence-corrected chi connectivity index (χ3v) is 5.97. The minimum Gasteiger partial charge on any atom is -0.329 e. The van der Waals surface area contributed by atoms with Crippen LogP contribution in [0.4, 0.5) is 0 Å². The molecule has 0 radical (unpaired) electrons. The zero-order valence-electron chi connectivity index (χ0n) is 12.6. The van der Waals surface area contributed by atoms with Crippen LogP contribution in [0.2, 0.25) is 0 Å². The molecule has 2 atom stereocenters. The van der Waals surface area contributed by atoms with Crippen LogP contribution >= 0.6 is 27.3 Å².